The van der Waals surface area contributed by atoms with Crippen molar-refractivity contribution in [2.75, 3.05) is 32.2 Å². The number of hydrogen-bond acceptors (Lipinski definition) is 6. The fraction of sp³-hybridized carbons (Fsp3) is 0.240. The van der Waals surface area contributed by atoms with E-state index in [1.807, 2.05) is 18.2 Å². The molecule has 3 aromatic rings. The number of ether oxygens (including phenoxy) is 3. The second-order valence-electron chi connectivity index (χ2n) is 7.45. The Bertz CT molecular complexity index is 1240. The Morgan fingerprint density at radius 2 is 1.56 bits per heavy atom. The SMILES string of the molecule is COc1ccc(N(CC(=O)NCc2ccccc2OC)S(=O)(=O)c2cc(C)ccc2OC)cc1. The van der Waals surface area contributed by atoms with Gasteiger partial charge in [-0.15, -0.1) is 0 Å². The molecule has 0 saturated carbocycles. The van der Waals surface area contributed by atoms with Crippen LogP contribution in [-0.2, 0) is 21.4 Å². The van der Waals surface area contributed by atoms with Gasteiger partial charge in [-0.05, 0) is 55.0 Å². The molecular formula is C25H28N2O6S. The van der Waals surface area contributed by atoms with Gasteiger partial charge in [-0.3, -0.25) is 9.10 Å². The number of carbonyl (C=O) groups excluding carboxylic acids is 1. The van der Waals surface area contributed by atoms with E-state index < -0.39 is 22.5 Å². The molecule has 3 rings (SSSR count). The third-order valence-corrected chi connectivity index (χ3v) is 7.00. The Kier molecular flexibility index (Phi) is 8.01. The van der Waals surface area contributed by atoms with Crippen LogP contribution in [0.4, 0.5) is 5.69 Å². The van der Waals surface area contributed by atoms with Gasteiger partial charge in [0.1, 0.15) is 28.7 Å². The van der Waals surface area contributed by atoms with Crippen LogP contribution in [0.1, 0.15) is 11.1 Å². The summed E-state index contributed by atoms with van der Waals surface area (Å²) in [5.41, 5.74) is 1.84. The Morgan fingerprint density at radius 1 is 0.882 bits per heavy atom. The van der Waals surface area contributed by atoms with Gasteiger partial charge in [0.15, 0.2) is 0 Å². The van der Waals surface area contributed by atoms with Crippen molar-refractivity contribution in [2.24, 2.45) is 0 Å². The second-order valence-corrected chi connectivity index (χ2v) is 9.28. The van der Waals surface area contributed by atoms with Crippen molar-refractivity contribution >= 4 is 21.6 Å². The molecule has 0 aromatic heterocycles. The highest BCUT2D eigenvalue weighted by Gasteiger charge is 2.30. The third-order valence-electron chi connectivity index (χ3n) is 5.20. The van der Waals surface area contributed by atoms with Gasteiger partial charge in [0.2, 0.25) is 5.91 Å². The topological polar surface area (TPSA) is 94.2 Å². The number of methoxy groups -OCH3 is 3. The molecule has 0 unspecified atom stereocenters. The molecule has 0 saturated heterocycles. The number of nitrogens with one attached hydrogen (secondary N) is 1. The third kappa shape index (κ3) is 5.60. The van der Waals surface area contributed by atoms with Gasteiger partial charge in [0.25, 0.3) is 10.0 Å². The van der Waals surface area contributed by atoms with Crippen LogP contribution in [0.5, 0.6) is 17.2 Å². The van der Waals surface area contributed by atoms with Crippen LogP contribution < -0.4 is 23.8 Å². The van der Waals surface area contributed by atoms with Crippen molar-refractivity contribution in [3.8, 4) is 17.2 Å². The van der Waals surface area contributed by atoms with E-state index in [1.54, 1.807) is 56.5 Å². The summed E-state index contributed by atoms with van der Waals surface area (Å²) in [5.74, 6) is 0.914. The Balaban J connectivity index is 1.94. The lowest BCUT2D eigenvalue weighted by molar-refractivity contribution is -0.119. The molecule has 0 aliphatic carbocycles. The molecule has 0 bridgehead atoms. The van der Waals surface area contributed by atoms with Crippen molar-refractivity contribution in [1.82, 2.24) is 5.32 Å². The molecule has 0 radical (unpaired) electrons. The van der Waals surface area contributed by atoms with E-state index in [0.29, 0.717) is 17.2 Å². The van der Waals surface area contributed by atoms with Crippen molar-refractivity contribution in [3.63, 3.8) is 0 Å². The van der Waals surface area contributed by atoms with E-state index in [-0.39, 0.29) is 17.2 Å². The molecule has 0 fully saturated rings. The van der Waals surface area contributed by atoms with E-state index >= 15 is 0 Å². The first-order valence-corrected chi connectivity index (χ1v) is 11.9. The highest BCUT2D eigenvalue weighted by atomic mass is 32.2. The van der Waals surface area contributed by atoms with Crippen LogP contribution >= 0.6 is 0 Å². The molecule has 0 aliphatic heterocycles. The van der Waals surface area contributed by atoms with E-state index in [2.05, 4.69) is 5.32 Å². The average Bonchev–Trinajstić information content (AvgIpc) is 2.86. The molecule has 0 aliphatic rings. The van der Waals surface area contributed by atoms with Gasteiger partial charge in [-0.25, -0.2) is 8.42 Å². The predicted molar refractivity (Wildman–Crippen MR) is 130 cm³/mol. The zero-order valence-corrected chi connectivity index (χ0v) is 20.4. The Morgan fingerprint density at radius 3 is 2.21 bits per heavy atom. The summed E-state index contributed by atoms with van der Waals surface area (Å²) in [6.07, 6.45) is 0. The number of rotatable bonds is 10. The first-order valence-electron chi connectivity index (χ1n) is 10.5. The van der Waals surface area contributed by atoms with Crippen LogP contribution in [0.25, 0.3) is 0 Å². The first kappa shape index (κ1) is 24.9. The zero-order valence-electron chi connectivity index (χ0n) is 19.6. The molecular weight excluding hydrogens is 456 g/mol. The Labute approximate surface area is 200 Å². The summed E-state index contributed by atoms with van der Waals surface area (Å²) in [6, 6.07) is 18.6. The summed E-state index contributed by atoms with van der Waals surface area (Å²) < 4.78 is 44.3. The molecule has 0 spiro atoms. The molecule has 1 N–H and O–H groups in total. The average molecular weight is 485 g/mol. The van der Waals surface area contributed by atoms with E-state index in [0.717, 1.165) is 15.4 Å². The Hall–Kier alpha value is -3.72. The fourth-order valence-electron chi connectivity index (χ4n) is 3.40. The van der Waals surface area contributed by atoms with Crippen molar-refractivity contribution in [3.05, 3.63) is 77.9 Å². The summed E-state index contributed by atoms with van der Waals surface area (Å²) >= 11 is 0. The van der Waals surface area contributed by atoms with Crippen molar-refractivity contribution in [2.45, 2.75) is 18.4 Å². The summed E-state index contributed by atoms with van der Waals surface area (Å²) in [5, 5.41) is 2.78. The number of hydrogen-bond donors (Lipinski definition) is 1. The standard InChI is InChI=1S/C25H28N2O6S/c1-18-9-14-23(33-4)24(15-18)34(29,30)27(20-10-12-21(31-2)13-11-20)17-25(28)26-16-19-7-5-6-8-22(19)32-3/h5-15H,16-17H2,1-4H3,(H,26,28). The van der Waals surface area contributed by atoms with Gasteiger partial charge in [0, 0.05) is 12.1 Å². The van der Waals surface area contributed by atoms with Crippen LogP contribution in [0.15, 0.2) is 71.6 Å². The van der Waals surface area contributed by atoms with Gasteiger partial charge in [-0.1, -0.05) is 24.3 Å². The highest BCUT2D eigenvalue weighted by Crippen LogP contribution is 2.31. The number of carbonyl (C=O) groups is 1. The second kappa shape index (κ2) is 10.9. The molecule has 34 heavy (non-hydrogen) atoms. The number of para-hydroxylation sites is 1. The molecule has 0 heterocycles. The minimum absolute atomic E-state index is 0.0247. The lowest BCUT2D eigenvalue weighted by atomic mass is 10.2. The molecule has 180 valence electrons. The van der Waals surface area contributed by atoms with E-state index in [1.165, 1.54) is 20.3 Å². The molecule has 8 nitrogen and oxygen atoms in total. The summed E-state index contributed by atoms with van der Waals surface area (Å²) in [4.78, 5) is 12.9. The highest BCUT2D eigenvalue weighted by molar-refractivity contribution is 7.93. The van der Waals surface area contributed by atoms with Gasteiger partial charge in [-0.2, -0.15) is 0 Å². The number of amides is 1. The van der Waals surface area contributed by atoms with Crippen LogP contribution in [-0.4, -0.2) is 42.2 Å². The summed E-state index contributed by atoms with van der Waals surface area (Å²) in [7, 11) is 0.326. The number of nitrogens with zero attached hydrogens (tertiary/aromatic N) is 1. The minimum atomic E-state index is -4.15. The number of anilines is 1. The maximum atomic E-state index is 13.7. The van der Waals surface area contributed by atoms with E-state index in [4.69, 9.17) is 14.2 Å². The normalized spacial score (nSPS) is 10.9. The smallest absolute Gasteiger partial charge is 0.268 e. The maximum absolute atomic E-state index is 13.7. The minimum Gasteiger partial charge on any atom is -0.497 e. The van der Waals surface area contributed by atoms with E-state index in [9.17, 15) is 13.2 Å². The predicted octanol–water partition coefficient (Wildman–Crippen LogP) is 3.53. The monoisotopic (exact) mass is 484 g/mol. The largest absolute Gasteiger partial charge is 0.497 e. The molecule has 3 aromatic carbocycles. The van der Waals surface area contributed by atoms with Crippen LogP contribution in [0.3, 0.4) is 0 Å². The number of sulfonamides is 1. The first-order chi connectivity index (χ1) is 16.3. The number of benzene rings is 3. The molecule has 1 amide bonds. The van der Waals surface area contributed by atoms with Crippen LogP contribution in [0, 0.1) is 6.92 Å². The lowest BCUT2D eigenvalue weighted by Gasteiger charge is -2.25. The van der Waals surface area contributed by atoms with Gasteiger partial charge < -0.3 is 19.5 Å². The maximum Gasteiger partial charge on any atom is 0.268 e. The zero-order chi connectivity index (χ0) is 24.7. The number of aryl methyl sites for hydroxylation is 1. The van der Waals surface area contributed by atoms with Crippen molar-refractivity contribution < 1.29 is 27.4 Å². The quantitative estimate of drug-likeness (QED) is 0.473. The van der Waals surface area contributed by atoms with Gasteiger partial charge >= 0.3 is 0 Å². The van der Waals surface area contributed by atoms with Crippen molar-refractivity contribution in [1.29, 1.82) is 0 Å². The van der Waals surface area contributed by atoms with Crippen LogP contribution in [0.2, 0.25) is 0 Å². The molecule has 9 heteroatoms. The van der Waals surface area contributed by atoms with Gasteiger partial charge in [0.05, 0.1) is 27.0 Å². The molecule has 0 atom stereocenters. The fourth-order valence-corrected chi connectivity index (χ4v) is 5.06. The lowest BCUT2D eigenvalue weighted by Crippen LogP contribution is -2.40. The summed E-state index contributed by atoms with van der Waals surface area (Å²) in [6.45, 7) is 1.55.